The fourth-order valence-corrected chi connectivity index (χ4v) is 2.29. The summed E-state index contributed by atoms with van der Waals surface area (Å²) in [4.78, 5) is 10.6. The van der Waals surface area contributed by atoms with Crippen molar-refractivity contribution in [2.75, 3.05) is 0 Å². The van der Waals surface area contributed by atoms with Crippen LogP contribution in [0.25, 0.3) is 0 Å². The van der Waals surface area contributed by atoms with E-state index in [1.165, 1.54) is 6.07 Å². The first kappa shape index (κ1) is 13.8. The first-order chi connectivity index (χ1) is 9.08. The zero-order valence-corrected chi connectivity index (χ0v) is 11.5. The monoisotopic (exact) mass is 295 g/mol. The van der Waals surface area contributed by atoms with Crippen LogP contribution in [0.15, 0.2) is 42.5 Å². The first-order valence-electron chi connectivity index (χ1n) is 5.74. The topological polar surface area (TPSA) is 43.1 Å². The van der Waals surface area contributed by atoms with Crippen LogP contribution < -0.4 is 0 Å². The van der Waals surface area contributed by atoms with Crippen LogP contribution in [0.5, 0.6) is 0 Å². The molecule has 0 bridgehead atoms. The number of nitro groups is 1. The smallest absolute Gasteiger partial charge is 0.258 e. The van der Waals surface area contributed by atoms with Gasteiger partial charge in [-0.05, 0) is 30.5 Å². The van der Waals surface area contributed by atoms with Crippen molar-refractivity contribution in [2.45, 2.75) is 12.8 Å². The maximum absolute atomic E-state index is 11.0. The third-order valence-electron chi connectivity index (χ3n) is 2.87. The van der Waals surface area contributed by atoms with Crippen molar-refractivity contribution in [2.24, 2.45) is 0 Å². The van der Waals surface area contributed by atoms with Crippen molar-refractivity contribution < 1.29 is 4.92 Å². The van der Waals surface area contributed by atoms with E-state index < -0.39 is 4.92 Å². The first-order valence-corrected chi connectivity index (χ1v) is 6.50. The predicted octanol–water partition coefficient (Wildman–Crippen LogP) is 4.69. The highest BCUT2D eigenvalue weighted by molar-refractivity contribution is 6.31. The third kappa shape index (κ3) is 3.46. The van der Waals surface area contributed by atoms with E-state index in [9.17, 15) is 10.1 Å². The van der Waals surface area contributed by atoms with Gasteiger partial charge < -0.3 is 0 Å². The Morgan fingerprint density at radius 2 is 1.68 bits per heavy atom. The SMILES string of the molecule is O=[N+]([O-])c1cc(Cl)ccc1CCc1ccccc1Cl. The Kier molecular flexibility index (Phi) is 4.40. The van der Waals surface area contributed by atoms with Gasteiger partial charge in [-0.25, -0.2) is 0 Å². The van der Waals surface area contributed by atoms with Gasteiger partial charge in [-0.2, -0.15) is 0 Å². The number of aryl methyl sites for hydroxylation is 2. The van der Waals surface area contributed by atoms with Gasteiger partial charge in [0.2, 0.25) is 0 Å². The van der Waals surface area contributed by atoms with Crippen molar-refractivity contribution in [3.8, 4) is 0 Å². The van der Waals surface area contributed by atoms with Crippen LogP contribution in [0.3, 0.4) is 0 Å². The summed E-state index contributed by atoms with van der Waals surface area (Å²) in [5.74, 6) is 0. The van der Waals surface area contributed by atoms with Gasteiger partial charge in [0.05, 0.1) is 4.92 Å². The molecule has 2 rings (SSSR count). The van der Waals surface area contributed by atoms with E-state index in [1.807, 2.05) is 24.3 Å². The zero-order chi connectivity index (χ0) is 13.8. The number of hydrogen-bond acceptors (Lipinski definition) is 2. The molecule has 0 radical (unpaired) electrons. The van der Waals surface area contributed by atoms with Crippen LogP contribution in [0.2, 0.25) is 10.0 Å². The van der Waals surface area contributed by atoms with Crippen molar-refractivity contribution in [1.82, 2.24) is 0 Å². The maximum atomic E-state index is 11.0. The summed E-state index contributed by atoms with van der Waals surface area (Å²) >= 11 is 11.8. The van der Waals surface area contributed by atoms with Crippen LogP contribution in [-0.2, 0) is 12.8 Å². The molecule has 0 aliphatic heterocycles. The van der Waals surface area contributed by atoms with E-state index in [-0.39, 0.29) is 5.69 Å². The summed E-state index contributed by atoms with van der Waals surface area (Å²) < 4.78 is 0. The number of rotatable bonds is 4. The largest absolute Gasteiger partial charge is 0.274 e. The standard InChI is InChI=1S/C14H11Cl2NO2/c15-12-8-7-11(14(9-12)17(18)19)6-5-10-3-1-2-4-13(10)16/h1-4,7-9H,5-6H2. The highest BCUT2D eigenvalue weighted by Crippen LogP contribution is 2.25. The molecule has 3 nitrogen and oxygen atoms in total. The molecule has 2 aromatic carbocycles. The quantitative estimate of drug-likeness (QED) is 0.607. The molecular formula is C14H11Cl2NO2. The molecular weight excluding hydrogens is 285 g/mol. The number of nitro benzene ring substituents is 1. The van der Waals surface area contributed by atoms with Crippen molar-refractivity contribution in [3.63, 3.8) is 0 Å². The fraction of sp³-hybridized carbons (Fsp3) is 0.143. The van der Waals surface area contributed by atoms with Gasteiger partial charge in [-0.3, -0.25) is 10.1 Å². The van der Waals surface area contributed by atoms with Gasteiger partial charge in [0.25, 0.3) is 5.69 Å². The summed E-state index contributed by atoms with van der Waals surface area (Å²) in [7, 11) is 0. The molecule has 0 fully saturated rings. The van der Waals surface area contributed by atoms with E-state index in [1.54, 1.807) is 12.1 Å². The van der Waals surface area contributed by atoms with Gasteiger partial charge in [0, 0.05) is 21.7 Å². The molecule has 0 spiro atoms. The Labute approximate surface area is 120 Å². The Morgan fingerprint density at radius 3 is 2.37 bits per heavy atom. The minimum atomic E-state index is -0.409. The summed E-state index contributed by atoms with van der Waals surface area (Å²) in [6.45, 7) is 0. The minimum Gasteiger partial charge on any atom is -0.258 e. The van der Waals surface area contributed by atoms with E-state index in [2.05, 4.69) is 0 Å². The van der Waals surface area contributed by atoms with Crippen LogP contribution in [-0.4, -0.2) is 4.92 Å². The van der Waals surface area contributed by atoms with Crippen molar-refractivity contribution >= 4 is 28.9 Å². The summed E-state index contributed by atoms with van der Waals surface area (Å²) in [5, 5.41) is 12.0. The molecule has 0 aliphatic carbocycles. The molecule has 2 aromatic rings. The molecule has 0 saturated carbocycles. The van der Waals surface area contributed by atoms with Gasteiger partial charge in [-0.15, -0.1) is 0 Å². The van der Waals surface area contributed by atoms with Gasteiger partial charge in [0.1, 0.15) is 0 Å². The molecule has 0 N–H and O–H groups in total. The van der Waals surface area contributed by atoms with E-state index in [4.69, 9.17) is 23.2 Å². The van der Waals surface area contributed by atoms with Crippen LogP contribution in [0, 0.1) is 10.1 Å². The summed E-state index contributed by atoms with van der Waals surface area (Å²) in [5.41, 5.74) is 1.70. The number of benzene rings is 2. The molecule has 5 heteroatoms. The predicted molar refractivity (Wildman–Crippen MR) is 77.0 cm³/mol. The average molecular weight is 296 g/mol. The van der Waals surface area contributed by atoms with Crippen molar-refractivity contribution in [3.05, 3.63) is 73.8 Å². The van der Waals surface area contributed by atoms with Gasteiger partial charge in [0.15, 0.2) is 0 Å². The van der Waals surface area contributed by atoms with Gasteiger partial charge in [-0.1, -0.05) is 47.5 Å². The average Bonchev–Trinajstić information content (AvgIpc) is 2.38. The highest BCUT2D eigenvalue weighted by Gasteiger charge is 2.14. The molecule has 19 heavy (non-hydrogen) atoms. The van der Waals surface area contributed by atoms with Crippen molar-refractivity contribution in [1.29, 1.82) is 0 Å². The Morgan fingerprint density at radius 1 is 1.00 bits per heavy atom. The molecule has 0 amide bonds. The Hall–Kier alpha value is -1.58. The summed E-state index contributed by atoms with van der Waals surface area (Å²) in [6, 6.07) is 12.2. The minimum absolute atomic E-state index is 0.0551. The lowest BCUT2D eigenvalue weighted by molar-refractivity contribution is -0.385. The second-order valence-corrected chi connectivity index (χ2v) is 4.97. The number of hydrogen-bond donors (Lipinski definition) is 0. The van der Waals surface area contributed by atoms with Crippen LogP contribution in [0.1, 0.15) is 11.1 Å². The van der Waals surface area contributed by atoms with E-state index in [0.717, 1.165) is 5.56 Å². The lowest BCUT2D eigenvalue weighted by Crippen LogP contribution is -1.98. The third-order valence-corrected chi connectivity index (χ3v) is 3.47. The Bertz CT molecular complexity index is 614. The Balaban J connectivity index is 2.20. The molecule has 0 atom stereocenters. The van der Waals surface area contributed by atoms with Crippen LogP contribution in [0.4, 0.5) is 5.69 Å². The summed E-state index contributed by atoms with van der Waals surface area (Å²) in [6.07, 6.45) is 1.21. The number of nitrogens with zero attached hydrogens (tertiary/aromatic N) is 1. The molecule has 98 valence electrons. The zero-order valence-electron chi connectivity index (χ0n) is 9.98. The second kappa shape index (κ2) is 6.04. The lowest BCUT2D eigenvalue weighted by atomic mass is 10.0. The molecule has 0 heterocycles. The highest BCUT2D eigenvalue weighted by atomic mass is 35.5. The maximum Gasteiger partial charge on any atom is 0.274 e. The van der Waals surface area contributed by atoms with E-state index in [0.29, 0.717) is 28.5 Å². The molecule has 0 unspecified atom stereocenters. The van der Waals surface area contributed by atoms with Gasteiger partial charge >= 0.3 is 0 Å². The number of halogens is 2. The van der Waals surface area contributed by atoms with E-state index >= 15 is 0 Å². The molecule has 0 aliphatic rings. The second-order valence-electron chi connectivity index (χ2n) is 4.12. The fourth-order valence-electron chi connectivity index (χ4n) is 1.89. The molecule has 0 saturated heterocycles. The lowest BCUT2D eigenvalue weighted by Gasteiger charge is -2.05. The van der Waals surface area contributed by atoms with Crippen LogP contribution >= 0.6 is 23.2 Å². The normalized spacial score (nSPS) is 10.4. The molecule has 0 aromatic heterocycles.